The molecule has 3 rings (SSSR count). The van der Waals surface area contributed by atoms with Gasteiger partial charge in [0.1, 0.15) is 12.6 Å². The molecule has 0 radical (unpaired) electrons. The van der Waals surface area contributed by atoms with E-state index in [-0.39, 0.29) is 25.7 Å². The summed E-state index contributed by atoms with van der Waals surface area (Å²) in [5.74, 6) is -0.994. The Morgan fingerprint density at radius 3 is 2.64 bits per heavy atom. The number of ether oxygens (including phenoxy) is 2. The monoisotopic (exact) mass is 382 g/mol. The number of hydrogen-bond donors (Lipinski definition) is 1. The second-order valence-electron chi connectivity index (χ2n) is 6.62. The molecule has 1 saturated heterocycles. The molecule has 0 aliphatic carbocycles. The van der Waals surface area contributed by atoms with E-state index >= 15 is 0 Å². The van der Waals surface area contributed by atoms with Gasteiger partial charge in [0, 0.05) is 5.69 Å². The lowest BCUT2D eigenvalue weighted by atomic mass is 10.1. The zero-order valence-corrected chi connectivity index (χ0v) is 15.8. The van der Waals surface area contributed by atoms with E-state index in [4.69, 9.17) is 9.47 Å². The summed E-state index contributed by atoms with van der Waals surface area (Å²) in [6.45, 7) is 3.70. The topological polar surface area (TPSA) is 84.9 Å². The summed E-state index contributed by atoms with van der Waals surface area (Å²) < 4.78 is 10.2. The highest BCUT2D eigenvalue weighted by molar-refractivity contribution is 5.96. The van der Waals surface area contributed by atoms with Gasteiger partial charge in [-0.2, -0.15) is 0 Å². The number of hydrogen-bond acceptors (Lipinski definition) is 5. The number of nitrogens with zero attached hydrogens (tertiary/aromatic N) is 1. The molecule has 1 heterocycles. The van der Waals surface area contributed by atoms with Gasteiger partial charge in [-0.15, -0.1) is 0 Å². The summed E-state index contributed by atoms with van der Waals surface area (Å²) in [6.07, 6.45) is -0.897. The van der Waals surface area contributed by atoms with Crippen LogP contribution in [-0.2, 0) is 25.7 Å². The summed E-state index contributed by atoms with van der Waals surface area (Å²) in [4.78, 5) is 37.9. The number of amides is 2. The minimum absolute atomic E-state index is 0.0752. The number of aryl methyl sites for hydroxylation is 1. The van der Waals surface area contributed by atoms with Gasteiger partial charge in [-0.25, -0.2) is 9.59 Å². The van der Waals surface area contributed by atoms with Crippen LogP contribution in [0.1, 0.15) is 23.1 Å². The third-order valence-corrected chi connectivity index (χ3v) is 4.69. The first-order valence-corrected chi connectivity index (χ1v) is 8.95. The third-order valence-electron chi connectivity index (χ3n) is 4.69. The quantitative estimate of drug-likeness (QED) is 0.803. The largest absolute Gasteiger partial charge is 0.444 e. The standard InChI is InChI=1S/C21H22N2O5/c1-14-7-6-10-17(15(14)2)22-19(24)11-18-20(25)28-13-23(18)21(26)27-12-16-8-4-3-5-9-16/h3-10,18H,11-13H2,1-2H3,(H,22,24)/t18-/m1/s1. The Balaban J connectivity index is 1.61. The van der Waals surface area contributed by atoms with Crippen molar-refractivity contribution in [3.05, 3.63) is 65.2 Å². The van der Waals surface area contributed by atoms with Crippen molar-refractivity contribution in [3.63, 3.8) is 0 Å². The predicted molar refractivity (Wildman–Crippen MR) is 102 cm³/mol. The van der Waals surface area contributed by atoms with Crippen molar-refractivity contribution in [2.45, 2.75) is 32.9 Å². The molecule has 1 atom stereocenters. The van der Waals surface area contributed by atoms with Crippen LogP contribution in [0, 0.1) is 13.8 Å². The molecule has 1 fully saturated rings. The van der Waals surface area contributed by atoms with Gasteiger partial charge in [0.15, 0.2) is 6.73 Å². The van der Waals surface area contributed by atoms with Crippen LogP contribution in [0.5, 0.6) is 0 Å². The molecule has 1 N–H and O–H groups in total. The molecule has 2 amide bonds. The average molecular weight is 382 g/mol. The molecule has 2 aromatic rings. The van der Waals surface area contributed by atoms with Gasteiger partial charge in [-0.05, 0) is 36.6 Å². The fraction of sp³-hybridized carbons (Fsp3) is 0.286. The predicted octanol–water partition coefficient (Wildman–Crippen LogP) is 3.15. The average Bonchev–Trinajstić information content (AvgIpc) is 3.05. The number of esters is 1. The molecule has 0 saturated carbocycles. The first kappa shape index (κ1) is 19.4. The number of rotatable bonds is 5. The number of carbonyl (C=O) groups excluding carboxylic acids is 3. The highest BCUT2D eigenvalue weighted by Crippen LogP contribution is 2.21. The molecule has 0 unspecified atom stereocenters. The maximum Gasteiger partial charge on any atom is 0.413 e. The number of cyclic esters (lactones) is 1. The molecule has 28 heavy (non-hydrogen) atoms. The van der Waals surface area contributed by atoms with Gasteiger partial charge in [-0.1, -0.05) is 42.5 Å². The van der Waals surface area contributed by atoms with Crippen molar-refractivity contribution in [1.82, 2.24) is 4.90 Å². The zero-order chi connectivity index (χ0) is 20.1. The molecule has 2 aromatic carbocycles. The van der Waals surface area contributed by atoms with Gasteiger partial charge in [0.2, 0.25) is 5.91 Å². The molecule has 7 heteroatoms. The second-order valence-corrected chi connectivity index (χ2v) is 6.62. The Hall–Kier alpha value is -3.35. The summed E-state index contributed by atoms with van der Waals surface area (Å²) in [5, 5.41) is 2.79. The van der Waals surface area contributed by atoms with Gasteiger partial charge in [0.25, 0.3) is 0 Å². The zero-order valence-electron chi connectivity index (χ0n) is 15.8. The smallest absolute Gasteiger partial charge is 0.413 e. The van der Waals surface area contributed by atoms with Crippen LogP contribution >= 0.6 is 0 Å². The fourth-order valence-corrected chi connectivity index (χ4v) is 2.89. The highest BCUT2D eigenvalue weighted by Gasteiger charge is 2.40. The van der Waals surface area contributed by atoms with Crippen molar-refractivity contribution in [1.29, 1.82) is 0 Å². The van der Waals surface area contributed by atoms with E-state index in [0.717, 1.165) is 21.6 Å². The van der Waals surface area contributed by atoms with E-state index in [1.807, 2.05) is 56.3 Å². The molecule has 0 bridgehead atoms. The van der Waals surface area contributed by atoms with E-state index in [1.54, 1.807) is 6.07 Å². The lowest BCUT2D eigenvalue weighted by Gasteiger charge is -2.20. The molecular weight excluding hydrogens is 360 g/mol. The number of carbonyl (C=O) groups is 3. The summed E-state index contributed by atoms with van der Waals surface area (Å²) in [6, 6.07) is 13.8. The van der Waals surface area contributed by atoms with Crippen LogP contribution in [0.3, 0.4) is 0 Å². The molecule has 0 spiro atoms. The van der Waals surface area contributed by atoms with Crippen molar-refractivity contribution in [2.24, 2.45) is 0 Å². The highest BCUT2D eigenvalue weighted by atomic mass is 16.6. The Morgan fingerprint density at radius 2 is 1.89 bits per heavy atom. The number of anilines is 1. The molecule has 1 aliphatic rings. The minimum Gasteiger partial charge on any atom is -0.444 e. The van der Waals surface area contributed by atoms with Crippen LogP contribution in [0.2, 0.25) is 0 Å². The van der Waals surface area contributed by atoms with Crippen molar-refractivity contribution in [2.75, 3.05) is 12.0 Å². The molecule has 0 aromatic heterocycles. The first-order chi connectivity index (χ1) is 13.5. The molecule has 1 aliphatic heterocycles. The molecular formula is C21H22N2O5. The van der Waals surface area contributed by atoms with Crippen molar-refractivity contribution in [3.8, 4) is 0 Å². The van der Waals surface area contributed by atoms with E-state index < -0.39 is 18.1 Å². The number of benzene rings is 2. The SMILES string of the molecule is Cc1cccc(NC(=O)C[C@@H]2C(=O)OCN2C(=O)OCc2ccccc2)c1C. The third kappa shape index (κ3) is 4.49. The Labute approximate surface area is 163 Å². The lowest BCUT2D eigenvalue weighted by molar-refractivity contribution is -0.140. The maximum absolute atomic E-state index is 12.4. The van der Waals surface area contributed by atoms with Gasteiger partial charge in [-0.3, -0.25) is 9.69 Å². The Kier molecular flexibility index (Phi) is 5.93. The fourth-order valence-electron chi connectivity index (χ4n) is 2.89. The lowest BCUT2D eigenvalue weighted by Crippen LogP contribution is -2.40. The molecule has 146 valence electrons. The van der Waals surface area contributed by atoms with E-state index in [1.165, 1.54) is 0 Å². The number of nitrogens with one attached hydrogen (secondary N) is 1. The first-order valence-electron chi connectivity index (χ1n) is 8.95. The summed E-state index contributed by atoms with van der Waals surface area (Å²) in [5.41, 5.74) is 3.49. The van der Waals surface area contributed by atoms with Gasteiger partial charge < -0.3 is 14.8 Å². The van der Waals surface area contributed by atoms with Crippen LogP contribution in [0.4, 0.5) is 10.5 Å². The summed E-state index contributed by atoms with van der Waals surface area (Å²) in [7, 11) is 0. The van der Waals surface area contributed by atoms with Crippen LogP contribution in [0.15, 0.2) is 48.5 Å². The van der Waals surface area contributed by atoms with E-state index in [0.29, 0.717) is 5.69 Å². The van der Waals surface area contributed by atoms with Crippen molar-refractivity contribution >= 4 is 23.7 Å². The Bertz CT molecular complexity index is 882. The van der Waals surface area contributed by atoms with E-state index in [2.05, 4.69) is 5.32 Å². The van der Waals surface area contributed by atoms with Gasteiger partial charge >= 0.3 is 12.1 Å². The van der Waals surface area contributed by atoms with Crippen LogP contribution in [-0.4, -0.2) is 35.6 Å². The Morgan fingerprint density at radius 1 is 1.14 bits per heavy atom. The van der Waals surface area contributed by atoms with Crippen molar-refractivity contribution < 1.29 is 23.9 Å². The van der Waals surface area contributed by atoms with E-state index in [9.17, 15) is 14.4 Å². The van der Waals surface area contributed by atoms with Crippen LogP contribution in [0.25, 0.3) is 0 Å². The second kappa shape index (κ2) is 8.56. The normalized spacial score (nSPS) is 15.9. The molecule has 7 nitrogen and oxygen atoms in total. The summed E-state index contributed by atoms with van der Waals surface area (Å²) >= 11 is 0. The van der Waals surface area contributed by atoms with Gasteiger partial charge in [0.05, 0.1) is 6.42 Å². The van der Waals surface area contributed by atoms with Crippen LogP contribution < -0.4 is 5.32 Å². The minimum atomic E-state index is -1.01. The maximum atomic E-state index is 12.4.